The van der Waals surface area contributed by atoms with Gasteiger partial charge in [-0.25, -0.2) is 4.98 Å². The van der Waals surface area contributed by atoms with Crippen molar-refractivity contribution in [2.24, 2.45) is 0 Å². The van der Waals surface area contributed by atoms with Gasteiger partial charge in [0, 0.05) is 34.5 Å². The van der Waals surface area contributed by atoms with E-state index < -0.39 is 0 Å². The minimum atomic E-state index is -0.00864. The molecule has 0 radical (unpaired) electrons. The van der Waals surface area contributed by atoms with Crippen molar-refractivity contribution in [1.82, 2.24) is 19.3 Å². The Morgan fingerprint density at radius 1 is 0.792 bits per heavy atom. The van der Waals surface area contributed by atoms with Crippen LogP contribution in [0.3, 0.4) is 0 Å². The molecule has 7 rings (SSSR count). The van der Waals surface area contributed by atoms with E-state index in [1.54, 1.807) is 0 Å². The number of rotatable bonds is 6. The van der Waals surface area contributed by atoms with Gasteiger partial charge in [-0.15, -0.1) is 35.7 Å². The molecule has 4 aromatic carbocycles. The summed E-state index contributed by atoms with van der Waals surface area (Å²) in [5.41, 5.74) is 10.8. The fourth-order valence-electron chi connectivity index (χ4n) is 6.46. The molecular formula is C42H40N4OPt. The molecule has 0 saturated heterocycles. The maximum Gasteiger partial charge on any atom is 2.00 e. The molecule has 3 heterocycles. The van der Waals surface area contributed by atoms with Crippen LogP contribution in [0.2, 0.25) is 0 Å². The van der Waals surface area contributed by atoms with E-state index in [4.69, 9.17) is 14.8 Å². The summed E-state index contributed by atoms with van der Waals surface area (Å²) in [6.45, 7) is 17.4. The van der Waals surface area contributed by atoms with Crippen molar-refractivity contribution < 1.29 is 25.8 Å². The standard InChI is InChI=1S/C42H40N4O.Pt/c1-26(2)31-14-17-38-37(22-31)36-16-15-34(25-39(36)45(38)40-23-32(18-19-43-40)42(6,7)8)47-35-21-27(3)20-33(24-35)46-29(5)41(28(4)44-46)30-12-10-9-11-13-30;/h9-23,26H,1-8H3;/q-2;+2. The molecule has 0 spiro atoms. The van der Waals surface area contributed by atoms with E-state index in [9.17, 15) is 0 Å². The molecule has 0 saturated carbocycles. The molecule has 7 aromatic rings. The van der Waals surface area contributed by atoms with Gasteiger partial charge in [-0.2, -0.15) is 16.7 Å². The molecule has 6 heteroatoms. The molecule has 0 N–H and O–H groups in total. The Morgan fingerprint density at radius 3 is 2.29 bits per heavy atom. The monoisotopic (exact) mass is 811 g/mol. The van der Waals surface area contributed by atoms with Crippen molar-refractivity contribution in [2.75, 3.05) is 0 Å². The molecular weight excluding hydrogens is 772 g/mol. The number of hydrogen-bond acceptors (Lipinski definition) is 3. The Labute approximate surface area is 297 Å². The van der Waals surface area contributed by atoms with E-state index in [0.717, 1.165) is 56.0 Å². The zero-order chi connectivity index (χ0) is 33.0. The van der Waals surface area contributed by atoms with Crippen LogP contribution in [-0.2, 0) is 26.5 Å². The summed E-state index contributed by atoms with van der Waals surface area (Å²) in [6, 6.07) is 36.8. The predicted octanol–water partition coefficient (Wildman–Crippen LogP) is 10.8. The number of aryl methyl sites for hydroxylation is 2. The van der Waals surface area contributed by atoms with Gasteiger partial charge in [0.15, 0.2) is 0 Å². The fourth-order valence-corrected chi connectivity index (χ4v) is 6.46. The van der Waals surface area contributed by atoms with E-state index in [-0.39, 0.29) is 26.5 Å². The molecule has 0 bridgehead atoms. The molecule has 0 aliphatic heterocycles. The van der Waals surface area contributed by atoms with Gasteiger partial charge >= 0.3 is 21.1 Å². The van der Waals surface area contributed by atoms with Crippen LogP contribution in [0.5, 0.6) is 11.5 Å². The molecule has 48 heavy (non-hydrogen) atoms. The van der Waals surface area contributed by atoms with Gasteiger partial charge < -0.3 is 9.30 Å². The second kappa shape index (κ2) is 12.9. The number of hydrogen-bond donors (Lipinski definition) is 0. The number of ether oxygens (including phenoxy) is 1. The van der Waals surface area contributed by atoms with Crippen LogP contribution in [-0.4, -0.2) is 19.3 Å². The largest absolute Gasteiger partial charge is 2.00 e. The van der Waals surface area contributed by atoms with Gasteiger partial charge in [0.1, 0.15) is 5.82 Å². The van der Waals surface area contributed by atoms with Crippen LogP contribution < -0.4 is 4.74 Å². The van der Waals surface area contributed by atoms with Crippen molar-refractivity contribution in [2.45, 2.75) is 66.7 Å². The number of benzene rings is 4. The van der Waals surface area contributed by atoms with Gasteiger partial charge in [0.05, 0.1) is 5.69 Å². The van der Waals surface area contributed by atoms with Crippen LogP contribution in [0.4, 0.5) is 0 Å². The van der Waals surface area contributed by atoms with E-state index in [2.05, 4.69) is 139 Å². The third-order valence-electron chi connectivity index (χ3n) is 8.96. The topological polar surface area (TPSA) is 44.9 Å². The van der Waals surface area contributed by atoms with Gasteiger partial charge in [-0.05, 0) is 71.1 Å². The molecule has 244 valence electrons. The number of fused-ring (bicyclic) bond motifs is 3. The SMILES string of the molecule is Cc1cc(Oc2[c-]c3c(cc2)c2cc(C(C)C)ccc2n3-c2cc(C(C)(C)C)ccn2)[c-]c(-n2nc(C)c(-c3ccccc3)c2C)c1.[Pt+2]. The first kappa shape index (κ1) is 33.4. The summed E-state index contributed by atoms with van der Waals surface area (Å²) in [4.78, 5) is 4.85. The molecule has 0 atom stereocenters. The van der Waals surface area contributed by atoms with E-state index in [0.29, 0.717) is 17.4 Å². The predicted molar refractivity (Wildman–Crippen MR) is 192 cm³/mol. The molecule has 0 aliphatic rings. The van der Waals surface area contributed by atoms with Crippen LogP contribution in [0, 0.1) is 32.9 Å². The van der Waals surface area contributed by atoms with Gasteiger partial charge in [0.2, 0.25) is 0 Å². The van der Waals surface area contributed by atoms with Crippen LogP contribution in [0.25, 0.3) is 44.4 Å². The normalized spacial score (nSPS) is 11.8. The quantitative estimate of drug-likeness (QED) is 0.157. The Balaban J connectivity index is 0.00000401. The summed E-state index contributed by atoms with van der Waals surface area (Å²) in [7, 11) is 0. The minimum Gasteiger partial charge on any atom is -0.509 e. The average Bonchev–Trinajstić information content (AvgIpc) is 3.52. The van der Waals surface area contributed by atoms with Crippen molar-refractivity contribution in [3.8, 4) is 34.1 Å². The summed E-state index contributed by atoms with van der Waals surface area (Å²) >= 11 is 0. The van der Waals surface area contributed by atoms with Crippen LogP contribution in [0.1, 0.15) is 68.6 Å². The Kier molecular flexibility index (Phi) is 8.95. The smallest absolute Gasteiger partial charge is 0.509 e. The molecule has 0 amide bonds. The van der Waals surface area contributed by atoms with E-state index >= 15 is 0 Å². The molecule has 0 fully saturated rings. The van der Waals surface area contributed by atoms with E-state index in [1.165, 1.54) is 16.5 Å². The summed E-state index contributed by atoms with van der Waals surface area (Å²) in [6.07, 6.45) is 1.90. The minimum absolute atomic E-state index is 0. The average molecular weight is 812 g/mol. The van der Waals surface area contributed by atoms with Crippen molar-refractivity contribution in [3.05, 3.63) is 131 Å². The van der Waals surface area contributed by atoms with Crippen LogP contribution in [0.15, 0.2) is 91.1 Å². The maximum atomic E-state index is 6.53. The number of aromatic nitrogens is 4. The zero-order valence-corrected chi connectivity index (χ0v) is 31.0. The summed E-state index contributed by atoms with van der Waals surface area (Å²) in [5.74, 6) is 2.51. The molecule has 0 unspecified atom stereocenters. The molecule has 5 nitrogen and oxygen atoms in total. The molecule has 3 aromatic heterocycles. The summed E-state index contributed by atoms with van der Waals surface area (Å²) in [5, 5.41) is 7.21. The second-order valence-corrected chi connectivity index (χ2v) is 13.8. The third kappa shape index (κ3) is 6.13. The first-order chi connectivity index (χ1) is 22.5. The zero-order valence-electron chi connectivity index (χ0n) is 28.8. The van der Waals surface area contributed by atoms with Crippen molar-refractivity contribution in [3.63, 3.8) is 0 Å². The maximum absolute atomic E-state index is 6.53. The van der Waals surface area contributed by atoms with Crippen molar-refractivity contribution in [1.29, 1.82) is 0 Å². The van der Waals surface area contributed by atoms with Gasteiger partial charge in [-0.3, -0.25) is 4.68 Å². The van der Waals surface area contributed by atoms with Crippen LogP contribution >= 0.6 is 0 Å². The Morgan fingerprint density at radius 2 is 1.56 bits per heavy atom. The Bertz CT molecular complexity index is 2270. The first-order valence-electron chi connectivity index (χ1n) is 16.3. The first-order valence-corrected chi connectivity index (χ1v) is 16.3. The van der Waals surface area contributed by atoms with Crippen molar-refractivity contribution >= 4 is 21.8 Å². The number of nitrogens with zero attached hydrogens (tertiary/aromatic N) is 4. The number of pyridine rings is 1. The fraction of sp³-hybridized carbons (Fsp3) is 0.238. The summed E-state index contributed by atoms with van der Waals surface area (Å²) < 4.78 is 10.7. The third-order valence-corrected chi connectivity index (χ3v) is 8.96. The Hall–Kier alpha value is -4.47. The second-order valence-electron chi connectivity index (χ2n) is 13.8. The van der Waals surface area contributed by atoms with Gasteiger partial charge in [-0.1, -0.05) is 89.5 Å². The van der Waals surface area contributed by atoms with Gasteiger partial charge in [0.25, 0.3) is 0 Å². The van der Waals surface area contributed by atoms with E-state index in [1.807, 2.05) is 29.1 Å². The molecule has 0 aliphatic carbocycles.